The fraction of sp³-hybridized carbons (Fsp3) is 0.143. The highest BCUT2D eigenvalue weighted by Gasteiger charge is 2.10. The Balaban J connectivity index is 1.92. The first-order chi connectivity index (χ1) is 10.9. The van der Waals surface area contributed by atoms with Crippen LogP contribution in [-0.2, 0) is 4.79 Å². The van der Waals surface area contributed by atoms with Crippen molar-refractivity contribution in [2.45, 2.75) is 6.92 Å². The van der Waals surface area contributed by atoms with Crippen LogP contribution in [0.2, 0.25) is 18.7 Å². The van der Waals surface area contributed by atoms with Gasteiger partial charge in [0.2, 0.25) is 0 Å². The first kappa shape index (κ1) is 18.4. The summed E-state index contributed by atoms with van der Waals surface area (Å²) in [5.41, 5.74) is 3.58. The van der Waals surface area contributed by atoms with Crippen LogP contribution in [0, 0.1) is 0 Å². The first-order valence-electron chi connectivity index (χ1n) is 6.23. The number of carbonyl (C=O) groups excluding carboxylic acids is 1. The van der Waals surface area contributed by atoms with Gasteiger partial charge in [-0.05, 0) is 31.2 Å². The Morgan fingerprint density at radius 3 is 2.61 bits per heavy atom. The molecule has 4 nitrogen and oxygen atoms in total. The normalized spacial score (nSPS) is 11.4. The molecule has 0 atom stereocenters. The molecular weight excluding hydrogens is 402 g/mol. The van der Waals surface area contributed by atoms with Gasteiger partial charge in [0.15, 0.2) is 6.61 Å². The van der Waals surface area contributed by atoms with E-state index in [-0.39, 0.29) is 6.61 Å². The number of hydrazone groups is 1. The highest BCUT2D eigenvalue weighted by molar-refractivity contribution is 7.20. The summed E-state index contributed by atoms with van der Waals surface area (Å²) in [6, 6.07) is 6.41. The number of hydrogen-bond acceptors (Lipinski definition) is 4. The molecule has 1 aromatic heterocycles. The third-order valence-corrected chi connectivity index (χ3v) is 4.67. The lowest BCUT2D eigenvalue weighted by Crippen LogP contribution is -2.25. The molecule has 1 aromatic carbocycles. The molecule has 0 unspecified atom stereocenters. The van der Waals surface area contributed by atoms with Crippen molar-refractivity contribution < 1.29 is 9.53 Å². The van der Waals surface area contributed by atoms with Gasteiger partial charge in [0, 0.05) is 10.6 Å². The van der Waals surface area contributed by atoms with Gasteiger partial charge in [-0.3, -0.25) is 4.79 Å². The number of carbonyl (C=O) groups is 1. The van der Waals surface area contributed by atoms with Crippen LogP contribution in [0.3, 0.4) is 0 Å². The lowest BCUT2D eigenvalue weighted by molar-refractivity contribution is -0.123. The van der Waals surface area contributed by atoms with E-state index in [1.165, 1.54) is 17.4 Å². The van der Waals surface area contributed by atoms with Gasteiger partial charge in [-0.2, -0.15) is 5.10 Å². The smallest absolute Gasteiger partial charge is 0.277 e. The van der Waals surface area contributed by atoms with Crippen LogP contribution >= 0.6 is 57.7 Å². The lowest BCUT2D eigenvalue weighted by atomic mass is 10.2. The van der Waals surface area contributed by atoms with E-state index in [0.717, 1.165) is 0 Å². The van der Waals surface area contributed by atoms with Gasteiger partial charge in [0.25, 0.3) is 5.91 Å². The summed E-state index contributed by atoms with van der Waals surface area (Å²) in [6.45, 7) is 1.47. The molecule has 1 heterocycles. The predicted molar refractivity (Wildman–Crippen MR) is 96.6 cm³/mol. The number of nitrogens with zero attached hydrogens (tertiary/aromatic N) is 1. The van der Waals surface area contributed by atoms with Crippen molar-refractivity contribution in [3.63, 3.8) is 0 Å². The molecule has 2 rings (SSSR count). The van der Waals surface area contributed by atoms with E-state index in [2.05, 4.69) is 10.5 Å². The molecule has 1 amide bonds. The molecule has 0 radical (unpaired) electrons. The van der Waals surface area contributed by atoms with E-state index >= 15 is 0 Å². The highest BCUT2D eigenvalue weighted by atomic mass is 35.5. The van der Waals surface area contributed by atoms with E-state index < -0.39 is 5.91 Å². The molecule has 0 spiro atoms. The number of thiophene rings is 1. The van der Waals surface area contributed by atoms with Crippen LogP contribution in [0.15, 0.2) is 29.4 Å². The van der Waals surface area contributed by atoms with E-state index in [1.54, 1.807) is 25.1 Å². The quantitative estimate of drug-likeness (QED) is 0.537. The average molecular weight is 412 g/mol. The maximum atomic E-state index is 11.8. The fourth-order valence-corrected chi connectivity index (χ4v) is 3.59. The highest BCUT2D eigenvalue weighted by Crippen LogP contribution is 2.31. The lowest BCUT2D eigenvalue weighted by Gasteiger charge is -2.07. The number of ether oxygens (including phenoxy) is 1. The number of benzene rings is 1. The largest absolute Gasteiger partial charge is 0.482 e. The number of rotatable bonds is 5. The minimum absolute atomic E-state index is 0.240. The zero-order chi connectivity index (χ0) is 17.0. The first-order valence-corrected chi connectivity index (χ1v) is 8.56. The zero-order valence-corrected chi connectivity index (χ0v) is 15.5. The van der Waals surface area contributed by atoms with Crippen molar-refractivity contribution in [3.8, 4) is 5.75 Å². The molecule has 23 heavy (non-hydrogen) atoms. The second-order valence-corrected chi connectivity index (χ2v) is 7.46. The average Bonchev–Trinajstić information content (AvgIpc) is 2.82. The van der Waals surface area contributed by atoms with Gasteiger partial charge in [-0.1, -0.05) is 46.4 Å². The molecule has 0 bridgehead atoms. The van der Waals surface area contributed by atoms with Crippen molar-refractivity contribution in [2.24, 2.45) is 5.10 Å². The summed E-state index contributed by atoms with van der Waals surface area (Å²) in [7, 11) is 0. The molecule has 0 aliphatic rings. The number of amides is 1. The van der Waals surface area contributed by atoms with E-state index in [1.807, 2.05) is 0 Å². The molecule has 0 saturated carbocycles. The standard InChI is InChI=1S/C14H10Cl4N2O2S/c1-7(9-5-12(17)23-14(9)18)19-20-13(21)6-22-11-3-2-8(15)4-10(11)16/h2-5H,6H2,1H3,(H,20,21)/b19-7+. The fourth-order valence-electron chi connectivity index (χ4n) is 1.56. The molecule has 0 saturated heterocycles. The van der Waals surface area contributed by atoms with E-state index in [9.17, 15) is 4.79 Å². The number of halogens is 4. The maximum absolute atomic E-state index is 11.8. The number of nitrogens with one attached hydrogen (secondary N) is 1. The van der Waals surface area contributed by atoms with Crippen molar-refractivity contribution in [1.82, 2.24) is 5.43 Å². The van der Waals surface area contributed by atoms with E-state index in [0.29, 0.717) is 35.7 Å². The van der Waals surface area contributed by atoms with Gasteiger partial charge >= 0.3 is 0 Å². The summed E-state index contributed by atoms with van der Waals surface area (Å²) in [4.78, 5) is 11.8. The molecule has 2 aromatic rings. The van der Waals surface area contributed by atoms with Crippen LogP contribution in [-0.4, -0.2) is 18.2 Å². The summed E-state index contributed by atoms with van der Waals surface area (Å²) < 4.78 is 6.36. The van der Waals surface area contributed by atoms with Crippen LogP contribution in [0.5, 0.6) is 5.75 Å². The van der Waals surface area contributed by atoms with Gasteiger partial charge in [-0.25, -0.2) is 5.43 Å². The molecule has 0 aliphatic heterocycles. The Morgan fingerprint density at radius 2 is 2.00 bits per heavy atom. The Kier molecular flexibility index (Phi) is 6.56. The van der Waals surface area contributed by atoms with Crippen LogP contribution in [0.1, 0.15) is 12.5 Å². The summed E-state index contributed by atoms with van der Waals surface area (Å²) >= 11 is 24.8. The second kappa shape index (κ2) is 8.22. The zero-order valence-electron chi connectivity index (χ0n) is 11.7. The van der Waals surface area contributed by atoms with Crippen LogP contribution in [0.4, 0.5) is 0 Å². The Morgan fingerprint density at radius 1 is 1.26 bits per heavy atom. The molecule has 1 N–H and O–H groups in total. The second-order valence-electron chi connectivity index (χ2n) is 4.33. The Hall–Kier alpha value is -0.980. The van der Waals surface area contributed by atoms with Gasteiger partial charge in [0.1, 0.15) is 10.1 Å². The van der Waals surface area contributed by atoms with Crippen molar-refractivity contribution in [2.75, 3.05) is 6.61 Å². The van der Waals surface area contributed by atoms with Gasteiger partial charge in [0.05, 0.1) is 15.1 Å². The third-order valence-electron chi connectivity index (χ3n) is 2.65. The molecule has 0 fully saturated rings. The Labute approximate surface area is 156 Å². The topological polar surface area (TPSA) is 50.7 Å². The SMILES string of the molecule is C/C(=N\NC(=O)COc1ccc(Cl)cc1Cl)c1cc(Cl)sc1Cl. The third kappa shape index (κ3) is 5.26. The van der Waals surface area contributed by atoms with Crippen molar-refractivity contribution >= 4 is 69.4 Å². The van der Waals surface area contributed by atoms with Crippen LogP contribution < -0.4 is 10.2 Å². The summed E-state index contributed by atoms with van der Waals surface area (Å²) in [5.74, 6) is -0.0765. The van der Waals surface area contributed by atoms with Crippen molar-refractivity contribution in [1.29, 1.82) is 0 Å². The maximum Gasteiger partial charge on any atom is 0.277 e. The minimum Gasteiger partial charge on any atom is -0.482 e. The van der Waals surface area contributed by atoms with Gasteiger partial charge in [-0.15, -0.1) is 11.3 Å². The van der Waals surface area contributed by atoms with Gasteiger partial charge < -0.3 is 4.74 Å². The molecule has 9 heteroatoms. The predicted octanol–water partition coefficient (Wildman–Crippen LogP) is 5.28. The summed E-state index contributed by atoms with van der Waals surface area (Å²) in [6.07, 6.45) is 0. The van der Waals surface area contributed by atoms with E-state index in [4.69, 9.17) is 51.1 Å². The van der Waals surface area contributed by atoms with Crippen LogP contribution in [0.25, 0.3) is 0 Å². The summed E-state index contributed by atoms with van der Waals surface area (Å²) in [5, 5.41) is 4.77. The minimum atomic E-state index is -0.437. The molecule has 122 valence electrons. The van der Waals surface area contributed by atoms with Crippen molar-refractivity contribution in [3.05, 3.63) is 48.5 Å². The number of hydrogen-bond donors (Lipinski definition) is 1. The Bertz CT molecular complexity index is 761. The molecular formula is C14H10Cl4N2O2S. The molecule has 0 aliphatic carbocycles. The monoisotopic (exact) mass is 410 g/mol.